The van der Waals surface area contributed by atoms with Gasteiger partial charge in [-0.05, 0) is 36.2 Å². The molecule has 4 amide bonds. The smallest absolute Gasteiger partial charge is 0.327 e. The Hall–Kier alpha value is -3.62. The van der Waals surface area contributed by atoms with E-state index in [9.17, 15) is 19.2 Å². The van der Waals surface area contributed by atoms with Gasteiger partial charge in [-0.1, -0.05) is 19.1 Å². The maximum atomic E-state index is 12.3. The molecule has 1 aromatic heterocycles. The lowest BCUT2D eigenvalue weighted by Crippen LogP contribution is -2.50. The molecule has 1 atom stereocenters. The second-order valence-corrected chi connectivity index (χ2v) is 6.63. The number of benzene rings is 1. The molecule has 1 aliphatic heterocycles. The van der Waals surface area contributed by atoms with Gasteiger partial charge >= 0.3 is 11.8 Å². The lowest BCUT2D eigenvalue weighted by atomic mass is 10.1. The molecule has 2 heterocycles. The fourth-order valence-electron chi connectivity index (χ4n) is 2.98. The summed E-state index contributed by atoms with van der Waals surface area (Å²) in [6.07, 6.45) is 2.38. The number of hydrogen-bond acceptors (Lipinski definition) is 5. The predicted octanol–water partition coefficient (Wildman–Crippen LogP) is 0.659. The number of nitrogens with one attached hydrogen (secondary N) is 3. The van der Waals surface area contributed by atoms with E-state index in [2.05, 4.69) is 16.2 Å². The number of carbonyl (C=O) groups is 4. The Labute approximate surface area is 167 Å². The van der Waals surface area contributed by atoms with E-state index in [1.165, 1.54) is 6.26 Å². The molecule has 9 heteroatoms. The summed E-state index contributed by atoms with van der Waals surface area (Å²) in [6.45, 7) is 2.30. The Morgan fingerprint density at radius 2 is 1.86 bits per heavy atom. The van der Waals surface area contributed by atoms with Gasteiger partial charge < -0.3 is 14.6 Å². The van der Waals surface area contributed by atoms with Crippen molar-refractivity contribution in [1.29, 1.82) is 0 Å². The molecule has 1 fully saturated rings. The Kier molecular flexibility index (Phi) is 6.28. The van der Waals surface area contributed by atoms with Crippen LogP contribution < -0.4 is 21.1 Å². The molecule has 9 nitrogen and oxygen atoms in total. The monoisotopic (exact) mass is 398 g/mol. The van der Waals surface area contributed by atoms with E-state index in [-0.39, 0.29) is 25.4 Å². The first-order chi connectivity index (χ1) is 14.0. The summed E-state index contributed by atoms with van der Waals surface area (Å²) in [5, 5.41) is 2.36. The topological polar surface area (TPSA) is 121 Å². The molecule has 0 bridgehead atoms. The van der Waals surface area contributed by atoms with Crippen molar-refractivity contribution in [2.45, 2.75) is 26.3 Å². The van der Waals surface area contributed by atoms with E-state index >= 15 is 0 Å². The minimum Gasteiger partial charge on any atom is -0.467 e. The second kappa shape index (κ2) is 9.05. The van der Waals surface area contributed by atoms with E-state index in [0.29, 0.717) is 5.76 Å². The van der Waals surface area contributed by atoms with Gasteiger partial charge in [0.25, 0.3) is 0 Å². The number of amides is 4. The van der Waals surface area contributed by atoms with Crippen molar-refractivity contribution in [2.24, 2.45) is 5.92 Å². The van der Waals surface area contributed by atoms with Crippen molar-refractivity contribution in [2.75, 3.05) is 11.4 Å². The fraction of sp³-hybridized carbons (Fsp3) is 0.300. The fourth-order valence-corrected chi connectivity index (χ4v) is 2.98. The van der Waals surface area contributed by atoms with Crippen molar-refractivity contribution in [3.8, 4) is 0 Å². The third kappa shape index (κ3) is 5.01. The number of hydrazine groups is 1. The lowest BCUT2D eigenvalue weighted by Gasteiger charge is -2.17. The van der Waals surface area contributed by atoms with Crippen LogP contribution in [0.25, 0.3) is 0 Å². The summed E-state index contributed by atoms with van der Waals surface area (Å²) in [6, 6.07) is 10.9. The number of rotatable bonds is 5. The number of anilines is 1. The summed E-state index contributed by atoms with van der Waals surface area (Å²) < 4.78 is 5.05. The van der Waals surface area contributed by atoms with Crippen LogP contribution >= 0.6 is 0 Å². The zero-order valence-corrected chi connectivity index (χ0v) is 15.9. The maximum absolute atomic E-state index is 12.3. The van der Waals surface area contributed by atoms with Crippen LogP contribution in [0.4, 0.5) is 5.69 Å². The van der Waals surface area contributed by atoms with Gasteiger partial charge in [0.15, 0.2) is 0 Å². The first kappa shape index (κ1) is 20.1. The van der Waals surface area contributed by atoms with Crippen LogP contribution in [-0.2, 0) is 32.1 Å². The molecule has 1 saturated heterocycles. The highest BCUT2D eigenvalue weighted by atomic mass is 16.3. The third-order valence-electron chi connectivity index (χ3n) is 4.66. The van der Waals surface area contributed by atoms with Gasteiger partial charge in [0.05, 0.1) is 18.7 Å². The molecule has 3 rings (SSSR count). The molecular formula is C20H22N4O5. The summed E-state index contributed by atoms with van der Waals surface area (Å²) in [5.74, 6) is -2.76. The van der Waals surface area contributed by atoms with Gasteiger partial charge in [-0.15, -0.1) is 0 Å². The summed E-state index contributed by atoms with van der Waals surface area (Å²) in [5.41, 5.74) is 6.15. The Morgan fingerprint density at radius 3 is 2.52 bits per heavy atom. The average Bonchev–Trinajstić information content (AvgIpc) is 3.39. The molecule has 0 aliphatic carbocycles. The van der Waals surface area contributed by atoms with E-state index < -0.39 is 23.6 Å². The largest absolute Gasteiger partial charge is 0.467 e. The molecule has 0 unspecified atom stereocenters. The van der Waals surface area contributed by atoms with E-state index in [0.717, 1.165) is 17.7 Å². The summed E-state index contributed by atoms with van der Waals surface area (Å²) in [7, 11) is 0. The number of nitrogens with zero attached hydrogens (tertiary/aromatic N) is 1. The molecule has 1 aromatic carbocycles. The molecule has 29 heavy (non-hydrogen) atoms. The zero-order chi connectivity index (χ0) is 20.8. The quantitative estimate of drug-likeness (QED) is 0.505. The van der Waals surface area contributed by atoms with Crippen molar-refractivity contribution in [1.82, 2.24) is 16.2 Å². The van der Waals surface area contributed by atoms with Crippen molar-refractivity contribution < 1.29 is 23.6 Å². The van der Waals surface area contributed by atoms with Gasteiger partial charge in [0.1, 0.15) is 5.76 Å². The molecule has 2 aromatic rings. The number of aryl methyl sites for hydroxylation is 1. The molecule has 1 aliphatic rings. The number of carbonyl (C=O) groups excluding carboxylic acids is 4. The SMILES string of the molecule is CCc1ccc(N2C[C@H](C(=O)NNC(=O)C(=O)NCc3ccco3)CC2=O)cc1. The minimum atomic E-state index is -1.01. The maximum Gasteiger partial charge on any atom is 0.327 e. The number of hydrogen-bond donors (Lipinski definition) is 3. The average molecular weight is 398 g/mol. The highest BCUT2D eigenvalue weighted by Crippen LogP contribution is 2.25. The molecular weight excluding hydrogens is 376 g/mol. The Balaban J connectivity index is 1.47. The van der Waals surface area contributed by atoms with Crippen LogP contribution in [0.1, 0.15) is 24.7 Å². The van der Waals surface area contributed by atoms with Crippen LogP contribution in [0.2, 0.25) is 0 Å². The second-order valence-electron chi connectivity index (χ2n) is 6.63. The minimum absolute atomic E-state index is 0.0297. The molecule has 0 spiro atoms. The standard InChI is InChI=1S/C20H22N4O5/c1-2-13-5-7-15(8-6-13)24-12-14(10-17(24)25)18(26)22-23-20(28)19(27)21-11-16-4-3-9-29-16/h3-9,14H,2,10-12H2,1H3,(H,21,27)(H,22,26)(H,23,28)/t14-/m1/s1. The third-order valence-corrected chi connectivity index (χ3v) is 4.66. The highest BCUT2D eigenvalue weighted by molar-refractivity contribution is 6.35. The van der Waals surface area contributed by atoms with Crippen molar-refractivity contribution in [3.63, 3.8) is 0 Å². The Morgan fingerprint density at radius 1 is 1.10 bits per heavy atom. The van der Waals surface area contributed by atoms with Gasteiger partial charge in [0, 0.05) is 18.7 Å². The van der Waals surface area contributed by atoms with Crippen LogP contribution in [0, 0.1) is 5.92 Å². The Bertz CT molecular complexity index is 892. The molecule has 0 saturated carbocycles. The lowest BCUT2D eigenvalue weighted by molar-refractivity contribution is -0.141. The van der Waals surface area contributed by atoms with Crippen LogP contribution in [0.5, 0.6) is 0 Å². The predicted molar refractivity (Wildman–Crippen MR) is 103 cm³/mol. The summed E-state index contributed by atoms with van der Waals surface area (Å²) in [4.78, 5) is 49.6. The van der Waals surface area contributed by atoms with Crippen LogP contribution in [-0.4, -0.2) is 30.2 Å². The zero-order valence-electron chi connectivity index (χ0n) is 15.9. The van der Waals surface area contributed by atoms with Crippen molar-refractivity contribution in [3.05, 3.63) is 54.0 Å². The number of furan rings is 1. The first-order valence-corrected chi connectivity index (χ1v) is 9.27. The van der Waals surface area contributed by atoms with Gasteiger partial charge in [0.2, 0.25) is 11.8 Å². The normalized spacial score (nSPS) is 15.8. The van der Waals surface area contributed by atoms with Crippen LogP contribution in [0.15, 0.2) is 47.1 Å². The van der Waals surface area contributed by atoms with E-state index in [1.807, 2.05) is 31.2 Å². The first-order valence-electron chi connectivity index (χ1n) is 9.27. The summed E-state index contributed by atoms with van der Waals surface area (Å²) >= 11 is 0. The van der Waals surface area contributed by atoms with Crippen molar-refractivity contribution >= 4 is 29.3 Å². The molecule has 0 radical (unpaired) electrons. The van der Waals surface area contributed by atoms with Gasteiger partial charge in [-0.3, -0.25) is 30.0 Å². The van der Waals surface area contributed by atoms with E-state index in [1.54, 1.807) is 17.0 Å². The van der Waals surface area contributed by atoms with Crippen LogP contribution in [0.3, 0.4) is 0 Å². The van der Waals surface area contributed by atoms with E-state index in [4.69, 9.17) is 4.42 Å². The van der Waals surface area contributed by atoms with Gasteiger partial charge in [-0.2, -0.15) is 0 Å². The molecule has 152 valence electrons. The van der Waals surface area contributed by atoms with Gasteiger partial charge in [-0.25, -0.2) is 0 Å². The highest BCUT2D eigenvalue weighted by Gasteiger charge is 2.35. The molecule has 3 N–H and O–H groups in total.